The second kappa shape index (κ2) is 5.02. The minimum atomic E-state index is -2.26. The average molecular weight is 280 g/mol. The Kier molecular flexibility index (Phi) is 3.59. The Morgan fingerprint density at radius 2 is 1.26 bits per heavy atom. The van der Waals surface area contributed by atoms with Gasteiger partial charge in [-0.2, -0.15) is 0 Å². The molecule has 104 valence electrons. The number of nitrogens with one attached hydrogen (secondary N) is 1. The van der Waals surface area contributed by atoms with Gasteiger partial charge in [0.2, 0.25) is 5.82 Å². The van der Waals surface area contributed by atoms with Gasteiger partial charge in [-0.1, -0.05) is 0 Å². The van der Waals surface area contributed by atoms with Crippen LogP contribution in [0.4, 0.5) is 32.4 Å². The van der Waals surface area contributed by atoms with E-state index >= 15 is 0 Å². The van der Waals surface area contributed by atoms with Gasteiger partial charge >= 0.3 is 6.03 Å². The number of anilines is 1. The molecule has 0 unspecified atom stereocenters. The third-order valence-corrected chi connectivity index (χ3v) is 2.84. The van der Waals surface area contributed by atoms with Crippen molar-refractivity contribution in [3.8, 4) is 0 Å². The number of hydrogen-bond acceptors (Lipinski definition) is 1. The predicted molar refractivity (Wildman–Crippen MR) is 56.1 cm³/mol. The molecule has 0 atom stereocenters. The predicted octanol–water partition coefficient (Wildman–Crippen LogP) is 3.01. The number of benzene rings is 1. The lowest BCUT2D eigenvalue weighted by Crippen LogP contribution is -2.33. The maximum absolute atomic E-state index is 13.3. The first kappa shape index (κ1) is 13.6. The van der Waals surface area contributed by atoms with Gasteiger partial charge in [-0.3, -0.25) is 0 Å². The summed E-state index contributed by atoms with van der Waals surface area (Å²) < 4.78 is 65.2. The van der Waals surface area contributed by atoms with Crippen molar-refractivity contribution in [1.82, 2.24) is 4.90 Å². The maximum atomic E-state index is 13.3. The summed E-state index contributed by atoms with van der Waals surface area (Å²) in [5, 5.41) is 1.72. The molecule has 3 nitrogen and oxygen atoms in total. The van der Waals surface area contributed by atoms with E-state index in [4.69, 9.17) is 0 Å². The number of nitrogens with zero attached hydrogens (tertiary/aromatic N) is 1. The number of likely N-dealkylation sites (tertiary alicyclic amines) is 1. The van der Waals surface area contributed by atoms with Gasteiger partial charge in [0.25, 0.3) is 0 Å². The molecule has 19 heavy (non-hydrogen) atoms. The summed E-state index contributed by atoms with van der Waals surface area (Å²) in [5.41, 5.74) is -1.33. The van der Waals surface area contributed by atoms with E-state index in [0.29, 0.717) is 13.1 Å². The quantitative estimate of drug-likeness (QED) is 0.478. The van der Waals surface area contributed by atoms with Crippen molar-refractivity contribution in [1.29, 1.82) is 0 Å². The smallest absolute Gasteiger partial charge is 0.322 e. The zero-order chi connectivity index (χ0) is 14.2. The van der Waals surface area contributed by atoms with Gasteiger partial charge < -0.3 is 10.2 Å². The van der Waals surface area contributed by atoms with Gasteiger partial charge in [0.05, 0.1) is 0 Å². The van der Waals surface area contributed by atoms with Crippen LogP contribution in [0.2, 0.25) is 0 Å². The zero-order valence-corrected chi connectivity index (χ0v) is 9.57. The molecule has 1 aromatic carbocycles. The molecule has 2 rings (SSSR count). The van der Waals surface area contributed by atoms with Crippen LogP contribution < -0.4 is 5.32 Å². The molecule has 0 spiro atoms. The number of halogens is 5. The Morgan fingerprint density at radius 3 is 1.74 bits per heavy atom. The lowest BCUT2D eigenvalue weighted by Gasteiger charge is -2.17. The Labute approximate surface area is 105 Å². The van der Waals surface area contributed by atoms with E-state index in [-0.39, 0.29) is 0 Å². The SMILES string of the molecule is O=C(Nc1c(F)c(F)c(F)c(F)c1F)N1CCCC1. The number of rotatable bonds is 1. The highest BCUT2D eigenvalue weighted by atomic mass is 19.2. The van der Waals surface area contributed by atoms with Crippen molar-refractivity contribution in [3.05, 3.63) is 29.1 Å². The van der Waals surface area contributed by atoms with Crippen LogP contribution in [0, 0.1) is 29.1 Å². The van der Waals surface area contributed by atoms with Crippen molar-refractivity contribution in [2.75, 3.05) is 18.4 Å². The standard InChI is InChI=1S/C11H9F5N2O/c12-5-6(13)8(15)10(9(16)7(5)14)17-11(19)18-3-1-2-4-18/h1-4H2,(H,17,19). The summed E-state index contributed by atoms with van der Waals surface area (Å²) in [6.07, 6.45) is 1.45. The third kappa shape index (κ3) is 2.34. The van der Waals surface area contributed by atoms with Crippen LogP contribution >= 0.6 is 0 Å². The molecule has 0 aliphatic carbocycles. The van der Waals surface area contributed by atoms with Crippen LogP contribution in [0.1, 0.15) is 12.8 Å². The summed E-state index contributed by atoms with van der Waals surface area (Å²) in [7, 11) is 0. The zero-order valence-electron chi connectivity index (χ0n) is 9.57. The van der Waals surface area contributed by atoms with Crippen LogP contribution in [-0.4, -0.2) is 24.0 Å². The van der Waals surface area contributed by atoms with Crippen molar-refractivity contribution in [2.24, 2.45) is 0 Å². The molecular formula is C11H9F5N2O. The van der Waals surface area contributed by atoms with Gasteiger partial charge in [-0.25, -0.2) is 26.7 Å². The first-order valence-corrected chi connectivity index (χ1v) is 5.51. The Balaban J connectivity index is 2.32. The molecule has 1 aliphatic rings. The van der Waals surface area contributed by atoms with Crippen molar-refractivity contribution in [2.45, 2.75) is 12.8 Å². The van der Waals surface area contributed by atoms with Crippen molar-refractivity contribution in [3.63, 3.8) is 0 Å². The molecule has 1 fully saturated rings. The van der Waals surface area contributed by atoms with E-state index in [9.17, 15) is 26.7 Å². The molecule has 8 heteroatoms. The van der Waals surface area contributed by atoms with Gasteiger partial charge in [0, 0.05) is 13.1 Å². The van der Waals surface area contributed by atoms with E-state index < -0.39 is 40.8 Å². The normalized spacial score (nSPS) is 14.9. The maximum Gasteiger partial charge on any atom is 0.322 e. The fraction of sp³-hybridized carbons (Fsp3) is 0.364. The van der Waals surface area contributed by atoms with E-state index in [2.05, 4.69) is 0 Å². The topological polar surface area (TPSA) is 32.3 Å². The molecule has 0 bridgehead atoms. The number of urea groups is 1. The summed E-state index contributed by atoms with van der Waals surface area (Å²) in [4.78, 5) is 12.8. The Bertz CT molecular complexity index is 499. The molecule has 0 saturated carbocycles. The molecule has 1 heterocycles. The molecular weight excluding hydrogens is 271 g/mol. The van der Waals surface area contributed by atoms with Crippen LogP contribution in [0.5, 0.6) is 0 Å². The summed E-state index contributed by atoms with van der Waals surface area (Å²) >= 11 is 0. The van der Waals surface area contributed by atoms with Crippen LogP contribution in [0.25, 0.3) is 0 Å². The fourth-order valence-corrected chi connectivity index (χ4v) is 1.82. The largest absolute Gasteiger partial charge is 0.325 e. The Hall–Kier alpha value is -1.86. The fourth-order valence-electron chi connectivity index (χ4n) is 1.82. The first-order chi connectivity index (χ1) is 8.93. The van der Waals surface area contributed by atoms with E-state index in [1.54, 1.807) is 5.32 Å². The highest BCUT2D eigenvalue weighted by Crippen LogP contribution is 2.27. The molecule has 0 radical (unpaired) electrons. The minimum Gasteiger partial charge on any atom is -0.325 e. The van der Waals surface area contributed by atoms with Gasteiger partial charge in [-0.05, 0) is 12.8 Å². The van der Waals surface area contributed by atoms with E-state index in [0.717, 1.165) is 12.8 Å². The summed E-state index contributed by atoms with van der Waals surface area (Å²) in [5.74, 6) is -10.5. The third-order valence-electron chi connectivity index (χ3n) is 2.84. The highest BCUT2D eigenvalue weighted by Gasteiger charge is 2.28. The summed E-state index contributed by atoms with van der Waals surface area (Å²) in [6, 6.07) is -0.888. The summed E-state index contributed by atoms with van der Waals surface area (Å²) in [6.45, 7) is 0.752. The minimum absolute atomic E-state index is 0.376. The Morgan fingerprint density at radius 1 is 0.842 bits per heavy atom. The lowest BCUT2D eigenvalue weighted by atomic mass is 10.2. The van der Waals surface area contributed by atoms with Gasteiger partial charge in [-0.15, -0.1) is 0 Å². The molecule has 1 N–H and O–H groups in total. The highest BCUT2D eigenvalue weighted by molar-refractivity contribution is 5.89. The van der Waals surface area contributed by atoms with Crippen LogP contribution in [-0.2, 0) is 0 Å². The number of amides is 2. The number of carbonyl (C=O) groups excluding carboxylic acids is 1. The molecule has 1 saturated heterocycles. The molecule has 2 amide bonds. The average Bonchev–Trinajstić information content (AvgIpc) is 2.93. The van der Waals surface area contributed by atoms with Crippen LogP contribution in [0.15, 0.2) is 0 Å². The van der Waals surface area contributed by atoms with Crippen molar-refractivity contribution < 1.29 is 26.7 Å². The number of carbonyl (C=O) groups is 1. The van der Waals surface area contributed by atoms with Crippen molar-refractivity contribution >= 4 is 11.7 Å². The lowest BCUT2D eigenvalue weighted by molar-refractivity contribution is 0.222. The molecule has 1 aromatic rings. The molecule has 0 aromatic heterocycles. The second-order valence-corrected chi connectivity index (χ2v) is 4.07. The van der Waals surface area contributed by atoms with E-state index in [1.807, 2.05) is 0 Å². The molecule has 1 aliphatic heterocycles. The van der Waals surface area contributed by atoms with Crippen LogP contribution in [0.3, 0.4) is 0 Å². The monoisotopic (exact) mass is 280 g/mol. The number of hydrogen-bond donors (Lipinski definition) is 1. The van der Waals surface area contributed by atoms with Gasteiger partial charge in [0.1, 0.15) is 5.69 Å². The first-order valence-electron chi connectivity index (χ1n) is 5.51. The van der Waals surface area contributed by atoms with E-state index in [1.165, 1.54) is 4.90 Å². The van der Waals surface area contributed by atoms with Gasteiger partial charge in [0.15, 0.2) is 23.3 Å². The second-order valence-electron chi connectivity index (χ2n) is 4.07.